The molecule has 1 aromatic carbocycles. The lowest BCUT2D eigenvalue weighted by Gasteiger charge is -1.96. The van der Waals surface area contributed by atoms with Gasteiger partial charge >= 0.3 is 0 Å². The third kappa shape index (κ3) is 3.30. The zero-order valence-electron chi connectivity index (χ0n) is 8.44. The summed E-state index contributed by atoms with van der Waals surface area (Å²) >= 11 is 0. The predicted molar refractivity (Wildman–Crippen MR) is 61.5 cm³/mol. The first-order valence-corrected chi connectivity index (χ1v) is 5.72. The molecule has 0 radical (unpaired) electrons. The van der Waals surface area contributed by atoms with Gasteiger partial charge in [0.15, 0.2) is 0 Å². The number of allylic oxidation sites excluding steroid dienone is 3. The normalized spacial score (nSPS) is 13.9. The maximum Gasteiger partial charge on any atom is 0.0775 e. The first-order valence-electron chi connectivity index (χ1n) is 4.51. The van der Waals surface area contributed by atoms with E-state index in [0.717, 1.165) is 4.90 Å². The van der Waals surface area contributed by atoms with Crippen LogP contribution < -0.4 is 0 Å². The minimum absolute atomic E-state index is 0.844. The zero-order valence-corrected chi connectivity index (χ0v) is 9.25. The Kier molecular flexibility index (Phi) is 4.33. The monoisotopic (exact) mass is 206 g/mol. The third-order valence-electron chi connectivity index (χ3n) is 1.76. The Hall–Kier alpha value is -1.15. The molecule has 14 heavy (non-hydrogen) atoms. The van der Waals surface area contributed by atoms with Crippen LogP contribution in [-0.4, -0.2) is 4.21 Å². The lowest BCUT2D eigenvalue weighted by molar-refractivity contribution is 0.688. The maximum atomic E-state index is 11.6. The van der Waals surface area contributed by atoms with Crippen molar-refractivity contribution in [3.8, 4) is 0 Å². The lowest BCUT2D eigenvalue weighted by atomic mass is 10.2. The molecule has 0 amide bonds. The van der Waals surface area contributed by atoms with Crippen molar-refractivity contribution in [3.63, 3.8) is 0 Å². The van der Waals surface area contributed by atoms with Crippen molar-refractivity contribution in [2.45, 2.75) is 18.7 Å². The largest absolute Gasteiger partial charge is 0.250 e. The number of rotatable bonds is 3. The van der Waals surface area contributed by atoms with Crippen molar-refractivity contribution in [2.24, 2.45) is 0 Å². The van der Waals surface area contributed by atoms with Crippen LogP contribution in [0.3, 0.4) is 0 Å². The zero-order chi connectivity index (χ0) is 10.4. The van der Waals surface area contributed by atoms with Crippen LogP contribution in [-0.2, 0) is 10.8 Å². The van der Waals surface area contributed by atoms with Crippen LogP contribution in [0.4, 0.5) is 0 Å². The summed E-state index contributed by atoms with van der Waals surface area (Å²) in [4.78, 5) is 0.844. The van der Waals surface area contributed by atoms with Gasteiger partial charge in [0.05, 0.1) is 10.8 Å². The molecule has 0 aliphatic heterocycles. The first-order chi connectivity index (χ1) is 6.74. The van der Waals surface area contributed by atoms with Crippen LogP contribution in [0.15, 0.2) is 52.8 Å². The summed E-state index contributed by atoms with van der Waals surface area (Å²) in [6.07, 6.45) is 5.57. The molecule has 0 aliphatic carbocycles. The van der Waals surface area contributed by atoms with Crippen LogP contribution in [0.25, 0.3) is 0 Å². The molecule has 0 N–H and O–H groups in total. The Morgan fingerprint density at radius 2 is 1.79 bits per heavy atom. The summed E-state index contributed by atoms with van der Waals surface area (Å²) in [5.74, 6) is 0. The van der Waals surface area contributed by atoms with Gasteiger partial charge in [0.2, 0.25) is 0 Å². The molecular weight excluding hydrogens is 192 g/mol. The summed E-state index contributed by atoms with van der Waals surface area (Å²) in [6, 6.07) is 7.73. The highest BCUT2D eigenvalue weighted by Crippen LogP contribution is 2.08. The summed E-state index contributed by atoms with van der Waals surface area (Å²) in [7, 11) is -1.02. The van der Waals surface area contributed by atoms with Gasteiger partial charge < -0.3 is 0 Å². The van der Waals surface area contributed by atoms with Gasteiger partial charge in [-0.05, 0) is 26.0 Å². The highest BCUT2D eigenvalue weighted by atomic mass is 32.2. The first kappa shape index (κ1) is 10.9. The van der Waals surface area contributed by atoms with E-state index in [2.05, 4.69) is 0 Å². The van der Waals surface area contributed by atoms with Crippen molar-refractivity contribution >= 4 is 10.8 Å². The Morgan fingerprint density at radius 3 is 2.36 bits per heavy atom. The second-order valence-corrected chi connectivity index (χ2v) is 4.30. The summed E-state index contributed by atoms with van der Waals surface area (Å²) in [5, 5.41) is 1.69. The molecule has 0 aliphatic rings. The van der Waals surface area contributed by atoms with Gasteiger partial charge in [-0.25, -0.2) is 4.21 Å². The van der Waals surface area contributed by atoms with Crippen molar-refractivity contribution in [2.75, 3.05) is 0 Å². The molecule has 0 saturated heterocycles. The Balaban J connectivity index is 2.75. The van der Waals surface area contributed by atoms with E-state index >= 15 is 0 Å². The minimum Gasteiger partial charge on any atom is -0.250 e. The van der Waals surface area contributed by atoms with Crippen LogP contribution in [0.1, 0.15) is 12.5 Å². The number of benzene rings is 1. The number of hydrogen-bond donors (Lipinski definition) is 0. The minimum atomic E-state index is -1.02. The molecule has 0 heterocycles. The van der Waals surface area contributed by atoms with Gasteiger partial charge in [0.1, 0.15) is 0 Å². The van der Waals surface area contributed by atoms with Crippen LogP contribution in [0.5, 0.6) is 0 Å². The Labute approximate surface area is 87.6 Å². The van der Waals surface area contributed by atoms with E-state index in [1.165, 1.54) is 5.56 Å². The molecule has 1 atom stereocenters. The fourth-order valence-electron chi connectivity index (χ4n) is 0.979. The van der Waals surface area contributed by atoms with Crippen molar-refractivity contribution in [1.29, 1.82) is 0 Å². The molecule has 0 saturated carbocycles. The SMILES string of the molecule is C/C=C/C=C/S(=O)c1ccc(C)cc1. The average Bonchev–Trinajstić information content (AvgIpc) is 2.19. The fraction of sp³-hybridized carbons (Fsp3) is 0.167. The van der Waals surface area contributed by atoms with Gasteiger partial charge in [-0.15, -0.1) is 0 Å². The average molecular weight is 206 g/mol. The topological polar surface area (TPSA) is 17.1 Å². The van der Waals surface area contributed by atoms with Crippen LogP contribution >= 0.6 is 0 Å². The predicted octanol–water partition coefficient (Wildman–Crippen LogP) is 3.19. The van der Waals surface area contributed by atoms with E-state index in [4.69, 9.17) is 0 Å². The standard InChI is InChI=1S/C12H14OS/c1-3-4-5-10-14(13)12-8-6-11(2)7-9-12/h3-10H,1-2H3/b4-3+,10-5+. The van der Waals surface area contributed by atoms with Gasteiger partial charge in [-0.1, -0.05) is 35.9 Å². The highest BCUT2D eigenvalue weighted by Gasteiger charge is 1.96. The summed E-state index contributed by atoms with van der Waals surface area (Å²) < 4.78 is 11.6. The molecule has 0 bridgehead atoms. The second-order valence-electron chi connectivity index (χ2n) is 2.96. The summed E-state index contributed by atoms with van der Waals surface area (Å²) in [6.45, 7) is 3.95. The van der Waals surface area contributed by atoms with E-state index in [0.29, 0.717) is 0 Å². The lowest BCUT2D eigenvalue weighted by Crippen LogP contribution is -1.85. The van der Waals surface area contributed by atoms with E-state index in [9.17, 15) is 4.21 Å². The number of aryl methyl sites for hydroxylation is 1. The second kappa shape index (κ2) is 5.55. The van der Waals surface area contributed by atoms with Crippen molar-refractivity contribution < 1.29 is 4.21 Å². The van der Waals surface area contributed by atoms with Crippen molar-refractivity contribution in [1.82, 2.24) is 0 Å². The van der Waals surface area contributed by atoms with E-state index < -0.39 is 10.8 Å². The molecule has 0 aromatic heterocycles. The van der Waals surface area contributed by atoms with E-state index in [1.807, 2.05) is 50.3 Å². The highest BCUT2D eigenvalue weighted by molar-refractivity contribution is 7.88. The van der Waals surface area contributed by atoms with Crippen LogP contribution in [0.2, 0.25) is 0 Å². The molecule has 1 nitrogen and oxygen atoms in total. The molecule has 1 aromatic rings. The van der Waals surface area contributed by atoms with Gasteiger partial charge in [0, 0.05) is 10.3 Å². The molecule has 1 unspecified atom stereocenters. The van der Waals surface area contributed by atoms with E-state index in [1.54, 1.807) is 11.5 Å². The fourth-order valence-corrected chi connectivity index (χ4v) is 1.77. The number of hydrogen-bond acceptors (Lipinski definition) is 1. The van der Waals surface area contributed by atoms with Crippen LogP contribution in [0, 0.1) is 6.92 Å². The van der Waals surface area contributed by atoms with Gasteiger partial charge in [-0.2, -0.15) is 0 Å². The molecule has 74 valence electrons. The molecule has 0 fully saturated rings. The molecule has 0 spiro atoms. The van der Waals surface area contributed by atoms with Gasteiger partial charge in [0.25, 0.3) is 0 Å². The molecular formula is C12H14OS. The van der Waals surface area contributed by atoms with Gasteiger partial charge in [-0.3, -0.25) is 0 Å². The maximum absolute atomic E-state index is 11.6. The molecule has 1 rings (SSSR count). The van der Waals surface area contributed by atoms with Crippen molar-refractivity contribution in [3.05, 3.63) is 53.5 Å². The Morgan fingerprint density at radius 1 is 1.14 bits per heavy atom. The van der Waals surface area contributed by atoms with E-state index in [-0.39, 0.29) is 0 Å². The Bertz CT molecular complexity index is 360. The molecule has 2 heteroatoms. The quantitative estimate of drug-likeness (QED) is 0.694. The third-order valence-corrected chi connectivity index (χ3v) is 2.90. The smallest absolute Gasteiger partial charge is 0.0775 e. The summed E-state index contributed by atoms with van der Waals surface area (Å²) in [5.41, 5.74) is 1.18.